The summed E-state index contributed by atoms with van der Waals surface area (Å²) in [5.74, 6) is -0.365. The first kappa shape index (κ1) is 15.0. The Balaban J connectivity index is 1.80. The van der Waals surface area contributed by atoms with Gasteiger partial charge in [-0.25, -0.2) is 0 Å². The zero-order valence-corrected chi connectivity index (χ0v) is 11.6. The molecule has 4 nitrogen and oxygen atoms in total. The largest absolute Gasteiger partial charge is 0.416 e. The van der Waals surface area contributed by atoms with Crippen molar-refractivity contribution in [2.75, 3.05) is 5.32 Å². The van der Waals surface area contributed by atoms with E-state index in [0.717, 1.165) is 12.1 Å². The number of carbonyl (C=O) groups excluding carboxylic acids is 1. The van der Waals surface area contributed by atoms with Crippen molar-refractivity contribution in [1.82, 2.24) is 0 Å². The summed E-state index contributed by atoms with van der Waals surface area (Å²) >= 11 is 0. The van der Waals surface area contributed by atoms with Gasteiger partial charge < -0.3 is 5.32 Å². The average Bonchev–Trinajstić information content (AvgIpc) is 2.83. The summed E-state index contributed by atoms with van der Waals surface area (Å²) in [6, 6.07) is 11.5. The summed E-state index contributed by atoms with van der Waals surface area (Å²) < 4.78 is 37.4. The van der Waals surface area contributed by atoms with Gasteiger partial charge in [-0.3, -0.25) is 4.79 Å². The van der Waals surface area contributed by atoms with Crippen molar-refractivity contribution in [2.45, 2.75) is 6.18 Å². The lowest BCUT2D eigenvalue weighted by atomic mass is 10.1. The number of nitrogens with zero attached hydrogens (tertiary/aromatic N) is 2. The second kappa shape index (κ2) is 5.68. The molecule has 0 saturated heterocycles. The molecule has 116 valence electrons. The molecule has 0 saturated carbocycles. The van der Waals surface area contributed by atoms with E-state index >= 15 is 0 Å². The number of halogens is 3. The number of alkyl halides is 3. The molecule has 0 bridgehead atoms. The van der Waals surface area contributed by atoms with Crippen LogP contribution in [0.3, 0.4) is 0 Å². The highest BCUT2D eigenvalue weighted by Gasteiger charge is 2.29. The minimum absolute atomic E-state index is 0.170. The van der Waals surface area contributed by atoms with E-state index in [-0.39, 0.29) is 11.6 Å². The number of fused-ring (bicyclic) bond motifs is 1. The highest BCUT2D eigenvalue weighted by Crippen LogP contribution is 2.29. The van der Waals surface area contributed by atoms with E-state index in [9.17, 15) is 18.0 Å². The van der Waals surface area contributed by atoms with Crippen LogP contribution >= 0.6 is 0 Å². The van der Waals surface area contributed by atoms with Crippen LogP contribution in [0.25, 0.3) is 0 Å². The van der Waals surface area contributed by atoms with Crippen molar-refractivity contribution < 1.29 is 18.0 Å². The maximum Gasteiger partial charge on any atom is 0.416 e. The Morgan fingerprint density at radius 2 is 1.70 bits per heavy atom. The van der Waals surface area contributed by atoms with E-state index in [0.29, 0.717) is 16.8 Å². The third kappa shape index (κ3) is 3.13. The van der Waals surface area contributed by atoms with Crippen molar-refractivity contribution in [3.05, 3.63) is 65.2 Å². The Morgan fingerprint density at radius 1 is 1.00 bits per heavy atom. The van der Waals surface area contributed by atoms with Gasteiger partial charge in [0.1, 0.15) is 0 Å². The number of amides is 1. The number of carbonyl (C=O) groups is 1. The van der Waals surface area contributed by atoms with Gasteiger partial charge in [0, 0.05) is 5.56 Å². The second-order valence-corrected chi connectivity index (χ2v) is 4.81. The molecule has 2 aromatic carbocycles. The smallest absolute Gasteiger partial charge is 0.320 e. The highest BCUT2D eigenvalue weighted by molar-refractivity contribution is 6.53. The topological polar surface area (TPSA) is 53.8 Å². The minimum Gasteiger partial charge on any atom is -0.320 e. The standard InChI is InChI=1S/C16H10F3N3O/c17-16(18,19)11-7-5-10(6-8-11)9-20-22-14-12-3-1-2-4-13(12)21-15(14)23/h1-9H,(H,21,22,23)/b20-9+. The van der Waals surface area contributed by atoms with E-state index < -0.39 is 11.7 Å². The molecular formula is C16H10F3N3O. The lowest BCUT2D eigenvalue weighted by Gasteiger charge is -2.05. The molecule has 0 aromatic heterocycles. The number of anilines is 1. The lowest BCUT2D eigenvalue weighted by molar-refractivity contribution is -0.137. The molecule has 2 aromatic rings. The number of nitrogens with one attached hydrogen (secondary N) is 1. The summed E-state index contributed by atoms with van der Waals surface area (Å²) in [6.45, 7) is 0. The Morgan fingerprint density at radius 3 is 2.39 bits per heavy atom. The zero-order valence-electron chi connectivity index (χ0n) is 11.6. The molecule has 1 amide bonds. The minimum atomic E-state index is -4.37. The first-order valence-corrected chi connectivity index (χ1v) is 6.64. The van der Waals surface area contributed by atoms with Crippen molar-refractivity contribution in [2.24, 2.45) is 10.2 Å². The van der Waals surface area contributed by atoms with Crippen molar-refractivity contribution >= 4 is 23.5 Å². The molecule has 23 heavy (non-hydrogen) atoms. The van der Waals surface area contributed by atoms with Gasteiger partial charge in [-0.1, -0.05) is 30.3 Å². The van der Waals surface area contributed by atoms with E-state index in [4.69, 9.17) is 0 Å². The normalized spacial score (nSPS) is 16.0. The molecule has 1 heterocycles. The van der Waals surface area contributed by atoms with E-state index in [1.165, 1.54) is 18.3 Å². The highest BCUT2D eigenvalue weighted by atomic mass is 19.4. The average molecular weight is 317 g/mol. The third-order valence-corrected chi connectivity index (χ3v) is 3.25. The molecule has 0 radical (unpaired) electrons. The maximum atomic E-state index is 12.5. The quantitative estimate of drug-likeness (QED) is 0.669. The van der Waals surface area contributed by atoms with Gasteiger partial charge in [-0.05, 0) is 23.8 Å². The Kier molecular flexibility index (Phi) is 3.69. The fourth-order valence-corrected chi connectivity index (χ4v) is 2.11. The zero-order chi connectivity index (χ0) is 16.4. The van der Waals surface area contributed by atoms with Crippen LogP contribution in [0.1, 0.15) is 16.7 Å². The van der Waals surface area contributed by atoms with E-state index in [1.54, 1.807) is 24.3 Å². The summed E-state index contributed by atoms with van der Waals surface area (Å²) in [5, 5.41) is 10.3. The lowest BCUT2D eigenvalue weighted by Crippen LogP contribution is -2.13. The summed E-state index contributed by atoms with van der Waals surface area (Å²) in [5.41, 5.74) is 1.19. The number of rotatable bonds is 2. The number of benzene rings is 2. The Labute approximate surface area is 129 Å². The SMILES string of the molecule is O=C1Nc2ccccc2/C1=N/N=C/c1ccc(C(F)(F)F)cc1. The van der Waals surface area contributed by atoms with Crippen LogP contribution in [-0.4, -0.2) is 17.8 Å². The first-order valence-electron chi connectivity index (χ1n) is 6.64. The molecule has 7 heteroatoms. The fraction of sp³-hybridized carbons (Fsp3) is 0.0625. The van der Waals surface area contributed by atoms with Gasteiger partial charge in [0.15, 0.2) is 5.71 Å². The fourth-order valence-electron chi connectivity index (χ4n) is 2.11. The third-order valence-electron chi connectivity index (χ3n) is 3.25. The molecule has 1 N–H and O–H groups in total. The first-order chi connectivity index (χ1) is 10.9. The number of para-hydroxylation sites is 1. The van der Waals surface area contributed by atoms with Crippen LogP contribution < -0.4 is 5.32 Å². The van der Waals surface area contributed by atoms with Crippen molar-refractivity contribution in [3.8, 4) is 0 Å². The van der Waals surface area contributed by atoms with Crippen LogP contribution in [0.2, 0.25) is 0 Å². The van der Waals surface area contributed by atoms with Crippen LogP contribution in [-0.2, 0) is 11.0 Å². The van der Waals surface area contributed by atoms with Gasteiger partial charge in [0.2, 0.25) is 0 Å². The summed E-state index contributed by atoms with van der Waals surface area (Å²) in [4.78, 5) is 11.8. The molecular weight excluding hydrogens is 307 g/mol. The second-order valence-electron chi connectivity index (χ2n) is 4.81. The van der Waals surface area contributed by atoms with E-state index in [2.05, 4.69) is 15.5 Å². The maximum absolute atomic E-state index is 12.5. The van der Waals surface area contributed by atoms with Gasteiger partial charge in [0.25, 0.3) is 5.91 Å². The predicted octanol–water partition coefficient (Wildman–Crippen LogP) is 3.48. The van der Waals surface area contributed by atoms with Gasteiger partial charge in [-0.15, -0.1) is 5.10 Å². The van der Waals surface area contributed by atoms with Crippen LogP contribution in [0.15, 0.2) is 58.7 Å². The predicted molar refractivity (Wildman–Crippen MR) is 80.6 cm³/mol. The molecule has 3 rings (SSSR count). The monoisotopic (exact) mass is 317 g/mol. The van der Waals surface area contributed by atoms with Crippen LogP contribution in [0.5, 0.6) is 0 Å². The Hall–Kier alpha value is -2.96. The van der Waals surface area contributed by atoms with Crippen LogP contribution in [0.4, 0.5) is 18.9 Å². The number of hydrogen-bond acceptors (Lipinski definition) is 3. The molecule has 1 aliphatic heterocycles. The molecule has 0 atom stereocenters. The number of hydrogen-bond donors (Lipinski definition) is 1. The van der Waals surface area contributed by atoms with Crippen LogP contribution in [0, 0.1) is 0 Å². The van der Waals surface area contributed by atoms with Gasteiger partial charge in [-0.2, -0.15) is 18.3 Å². The molecule has 1 aliphatic rings. The molecule has 0 fully saturated rings. The summed E-state index contributed by atoms with van der Waals surface area (Å²) in [7, 11) is 0. The molecule has 0 aliphatic carbocycles. The van der Waals surface area contributed by atoms with Crippen molar-refractivity contribution in [3.63, 3.8) is 0 Å². The molecule has 0 spiro atoms. The summed E-state index contributed by atoms with van der Waals surface area (Å²) in [6.07, 6.45) is -3.08. The van der Waals surface area contributed by atoms with Gasteiger partial charge in [0.05, 0.1) is 17.5 Å². The Bertz CT molecular complexity index is 808. The van der Waals surface area contributed by atoms with E-state index in [1.807, 2.05) is 0 Å². The van der Waals surface area contributed by atoms with Crippen molar-refractivity contribution in [1.29, 1.82) is 0 Å². The molecule has 0 unspecified atom stereocenters. The van der Waals surface area contributed by atoms with Gasteiger partial charge >= 0.3 is 6.18 Å².